The van der Waals surface area contributed by atoms with Crippen LogP contribution >= 0.6 is 12.2 Å². The van der Waals surface area contributed by atoms with E-state index in [-0.39, 0.29) is 11.8 Å². The average Bonchev–Trinajstić information content (AvgIpc) is 2.52. The van der Waals surface area contributed by atoms with Crippen LogP contribution in [0.15, 0.2) is 42.1 Å². The van der Waals surface area contributed by atoms with Crippen LogP contribution in [0, 0.1) is 0 Å². The van der Waals surface area contributed by atoms with Gasteiger partial charge in [0.05, 0.1) is 6.04 Å². The van der Waals surface area contributed by atoms with E-state index in [0.717, 1.165) is 24.0 Å². The van der Waals surface area contributed by atoms with Crippen LogP contribution in [0.5, 0.6) is 0 Å². The molecule has 21 heavy (non-hydrogen) atoms. The fourth-order valence-corrected chi connectivity index (χ4v) is 2.71. The molecule has 1 atom stereocenters. The van der Waals surface area contributed by atoms with Crippen molar-refractivity contribution in [2.24, 2.45) is 0 Å². The Bertz CT molecular complexity index is 525. The van der Waals surface area contributed by atoms with Crippen molar-refractivity contribution in [3.8, 4) is 0 Å². The van der Waals surface area contributed by atoms with Crippen molar-refractivity contribution in [2.45, 2.75) is 45.1 Å². The van der Waals surface area contributed by atoms with Crippen LogP contribution in [0.3, 0.4) is 0 Å². The lowest BCUT2D eigenvalue weighted by molar-refractivity contribution is 0.102. The van der Waals surface area contributed by atoms with E-state index in [1.807, 2.05) is 30.3 Å². The second kappa shape index (κ2) is 7.93. The lowest BCUT2D eigenvalue weighted by Crippen LogP contribution is -2.47. The van der Waals surface area contributed by atoms with Gasteiger partial charge in [-0.1, -0.05) is 62.9 Å². The Morgan fingerprint density at radius 1 is 1.19 bits per heavy atom. The summed E-state index contributed by atoms with van der Waals surface area (Å²) in [6.45, 7) is 2.20. The summed E-state index contributed by atoms with van der Waals surface area (Å²) >= 11 is 5.16. The van der Waals surface area contributed by atoms with Gasteiger partial charge in [0, 0.05) is 17.3 Å². The maximum absolute atomic E-state index is 12.6. The third-order valence-electron chi connectivity index (χ3n) is 3.68. The molecular formula is C17H22N2OS. The number of thiocarbonyl (C=S) groups is 1. The van der Waals surface area contributed by atoms with Crippen LogP contribution in [-0.4, -0.2) is 16.9 Å². The van der Waals surface area contributed by atoms with Crippen molar-refractivity contribution in [3.63, 3.8) is 0 Å². The second-order valence-electron chi connectivity index (χ2n) is 5.31. The van der Waals surface area contributed by atoms with Gasteiger partial charge >= 0.3 is 0 Å². The minimum Gasteiger partial charge on any atom is -0.355 e. The molecule has 2 N–H and O–H groups in total. The van der Waals surface area contributed by atoms with Gasteiger partial charge in [0.15, 0.2) is 10.9 Å². The Morgan fingerprint density at radius 3 is 2.67 bits per heavy atom. The molecule has 0 saturated carbocycles. The van der Waals surface area contributed by atoms with Gasteiger partial charge in [-0.15, -0.1) is 0 Å². The van der Waals surface area contributed by atoms with Gasteiger partial charge in [-0.25, -0.2) is 0 Å². The van der Waals surface area contributed by atoms with Gasteiger partial charge in [0.25, 0.3) is 0 Å². The molecule has 1 unspecified atom stereocenters. The van der Waals surface area contributed by atoms with E-state index in [1.54, 1.807) is 6.20 Å². The molecule has 4 heteroatoms. The molecule has 0 aliphatic carbocycles. The molecule has 0 amide bonds. The van der Waals surface area contributed by atoms with Gasteiger partial charge in [-0.05, 0) is 18.6 Å². The molecule has 0 saturated heterocycles. The fourth-order valence-electron chi connectivity index (χ4n) is 2.50. The summed E-state index contributed by atoms with van der Waals surface area (Å²) in [5.41, 5.74) is 1.49. The van der Waals surface area contributed by atoms with Crippen molar-refractivity contribution in [1.82, 2.24) is 10.6 Å². The molecule has 1 aromatic rings. The lowest BCUT2D eigenvalue weighted by Gasteiger charge is -2.27. The highest BCUT2D eigenvalue weighted by atomic mass is 32.1. The van der Waals surface area contributed by atoms with Gasteiger partial charge < -0.3 is 10.6 Å². The summed E-state index contributed by atoms with van der Waals surface area (Å²) in [6.07, 6.45) is 7.45. The zero-order valence-corrected chi connectivity index (χ0v) is 13.2. The number of hydrogen-bond acceptors (Lipinski definition) is 2. The maximum Gasteiger partial charge on any atom is 0.192 e. The van der Waals surface area contributed by atoms with Crippen molar-refractivity contribution < 1.29 is 4.79 Å². The summed E-state index contributed by atoms with van der Waals surface area (Å²) in [5.74, 6) is 0.0681. The van der Waals surface area contributed by atoms with E-state index in [2.05, 4.69) is 17.6 Å². The molecule has 0 fully saturated rings. The van der Waals surface area contributed by atoms with E-state index in [1.165, 1.54) is 19.3 Å². The normalized spacial score (nSPS) is 17.7. The second-order valence-corrected chi connectivity index (χ2v) is 5.72. The number of benzene rings is 1. The Hall–Kier alpha value is -1.68. The van der Waals surface area contributed by atoms with Gasteiger partial charge in [0.2, 0.25) is 0 Å². The molecule has 1 aliphatic rings. The highest BCUT2D eigenvalue weighted by molar-refractivity contribution is 7.80. The van der Waals surface area contributed by atoms with Crippen LogP contribution in [-0.2, 0) is 0 Å². The lowest BCUT2D eigenvalue weighted by atomic mass is 9.93. The number of carbonyl (C=O) groups is 1. The predicted octanol–water partition coefficient (Wildman–Crippen LogP) is 3.57. The number of nitrogens with one attached hydrogen (secondary N) is 2. The summed E-state index contributed by atoms with van der Waals surface area (Å²) in [5, 5.41) is 6.77. The van der Waals surface area contributed by atoms with Crippen molar-refractivity contribution in [3.05, 3.63) is 47.7 Å². The van der Waals surface area contributed by atoms with Crippen LogP contribution < -0.4 is 10.6 Å². The first-order chi connectivity index (χ1) is 10.2. The molecule has 2 rings (SSSR count). The Morgan fingerprint density at radius 2 is 1.95 bits per heavy atom. The van der Waals surface area contributed by atoms with Crippen LogP contribution in [0.25, 0.3) is 0 Å². The zero-order chi connectivity index (χ0) is 15.1. The largest absolute Gasteiger partial charge is 0.355 e. The maximum atomic E-state index is 12.6. The molecule has 1 aromatic carbocycles. The molecule has 0 radical (unpaired) electrons. The van der Waals surface area contributed by atoms with E-state index in [4.69, 9.17) is 12.2 Å². The minimum absolute atomic E-state index is 0.0170. The Balaban J connectivity index is 2.07. The predicted molar refractivity (Wildman–Crippen MR) is 90.3 cm³/mol. The van der Waals surface area contributed by atoms with Crippen LogP contribution in [0.1, 0.15) is 49.4 Å². The molecule has 112 valence electrons. The molecule has 0 spiro atoms. The van der Waals surface area contributed by atoms with Crippen LogP contribution in [0.4, 0.5) is 0 Å². The van der Waals surface area contributed by atoms with Crippen LogP contribution in [0.2, 0.25) is 0 Å². The summed E-state index contributed by atoms with van der Waals surface area (Å²) in [4.78, 5) is 12.6. The van der Waals surface area contributed by atoms with Gasteiger partial charge in [0.1, 0.15) is 0 Å². The van der Waals surface area contributed by atoms with E-state index >= 15 is 0 Å². The fraction of sp³-hybridized carbons (Fsp3) is 0.412. The summed E-state index contributed by atoms with van der Waals surface area (Å²) in [7, 11) is 0. The van der Waals surface area contributed by atoms with Crippen molar-refractivity contribution in [1.29, 1.82) is 0 Å². The number of ketones is 1. The van der Waals surface area contributed by atoms with Gasteiger partial charge in [-0.2, -0.15) is 0 Å². The number of Topliss-reactive ketones (excluding diaryl/α,β-unsaturated/α-hetero) is 1. The minimum atomic E-state index is 0.0170. The SMILES string of the molecule is CCCCCCC1NC(=S)NC=C1C(=O)c1ccccc1. The molecule has 3 nitrogen and oxygen atoms in total. The van der Waals surface area contributed by atoms with Gasteiger partial charge in [-0.3, -0.25) is 4.79 Å². The Kier molecular flexibility index (Phi) is 5.93. The molecule has 0 bridgehead atoms. The third kappa shape index (κ3) is 4.39. The average molecular weight is 302 g/mol. The topological polar surface area (TPSA) is 41.1 Å². The highest BCUT2D eigenvalue weighted by Gasteiger charge is 2.25. The Labute approximate surface area is 131 Å². The zero-order valence-electron chi connectivity index (χ0n) is 12.4. The third-order valence-corrected chi connectivity index (χ3v) is 3.92. The molecule has 1 aliphatic heterocycles. The first-order valence-electron chi connectivity index (χ1n) is 7.59. The number of hydrogen-bond donors (Lipinski definition) is 2. The first kappa shape index (κ1) is 15.7. The number of carbonyl (C=O) groups excluding carboxylic acids is 1. The summed E-state index contributed by atoms with van der Waals surface area (Å²) in [6, 6.07) is 9.41. The first-order valence-corrected chi connectivity index (χ1v) is 8.00. The summed E-state index contributed by atoms with van der Waals surface area (Å²) < 4.78 is 0. The molecular weight excluding hydrogens is 280 g/mol. The van der Waals surface area contributed by atoms with E-state index in [0.29, 0.717) is 5.11 Å². The smallest absolute Gasteiger partial charge is 0.192 e. The monoisotopic (exact) mass is 302 g/mol. The van der Waals surface area contributed by atoms with Crippen molar-refractivity contribution >= 4 is 23.1 Å². The molecule has 1 heterocycles. The number of rotatable bonds is 7. The van der Waals surface area contributed by atoms with E-state index in [9.17, 15) is 4.79 Å². The standard InChI is InChI=1S/C17H22N2OS/c1-2-3-4-8-11-15-14(12-18-17(21)19-15)16(20)13-9-6-5-7-10-13/h5-7,9-10,12,15H,2-4,8,11H2,1H3,(H2,18,19,21). The number of unbranched alkanes of at least 4 members (excludes halogenated alkanes) is 3. The molecule has 0 aromatic heterocycles. The highest BCUT2D eigenvalue weighted by Crippen LogP contribution is 2.18. The van der Waals surface area contributed by atoms with Crippen molar-refractivity contribution in [2.75, 3.05) is 0 Å². The quantitative estimate of drug-likeness (QED) is 0.459. The van der Waals surface area contributed by atoms with E-state index < -0.39 is 0 Å².